The van der Waals surface area contributed by atoms with E-state index in [1.54, 1.807) is 0 Å². The molecule has 0 spiro atoms. The van der Waals surface area contributed by atoms with Crippen LogP contribution in [0.25, 0.3) is 11.0 Å². The predicted molar refractivity (Wildman–Crippen MR) is 113 cm³/mol. The minimum Gasteiger partial charge on any atom is -0.491 e. The first-order valence-corrected chi connectivity index (χ1v) is 10.4. The molecule has 1 aliphatic carbocycles. The number of benzene rings is 2. The molecule has 4 heteroatoms. The van der Waals surface area contributed by atoms with Gasteiger partial charge in [-0.25, -0.2) is 4.98 Å². The minimum atomic E-state index is -0.583. The first-order valence-electron chi connectivity index (χ1n) is 10.4. The van der Waals surface area contributed by atoms with Gasteiger partial charge in [-0.1, -0.05) is 37.5 Å². The van der Waals surface area contributed by atoms with E-state index in [1.165, 1.54) is 43.2 Å². The van der Waals surface area contributed by atoms with E-state index in [0.717, 1.165) is 22.6 Å². The Bertz CT molecular complexity index is 921. The highest BCUT2D eigenvalue weighted by molar-refractivity contribution is 5.76. The minimum absolute atomic E-state index is 0.277. The zero-order valence-corrected chi connectivity index (χ0v) is 16.9. The number of para-hydroxylation sites is 2. The van der Waals surface area contributed by atoms with Crippen molar-refractivity contribution in [2.45, 2.75) is 64.5 Å². The average Bonchev–Trinajstić information content (AvgIpc) is 3.05. The molecule has 148 valence electrons. The summed E-state index contributed by atoms with van der Waals surface area (Å²) >= 11 is 0. The lowest BCUT2D eigenvalue weighted by Crippen LogP contribution is -2.25. The van der Waals surface area contributed by atoms with Gasteiger partial charge in [0.05, 0.1) is 17.6 Å². The van der Waals surface area contributed by atoms with Crippen LogP contribution in [0.4, 0.5) is 0 Å². The monoisotopic (exact) mass is 378 g/mol. The number of imidazole rings is 1. The normalized spacial score (nSPS) is 16.4. The van der Waals surface area contributed by atoms with Crippen molar-refractivity contribution in [3.05, 3.63) is 59.4 Å². The maximum Gasteiger partial charge on any atom is 0.119 e. The number of hydrogen-bond acceptors (Lipinski definition) is 3. The Labute approximate surface area is 167 Å². The Hall–Kier alpha value is -2.33. The third kappa shape index (κ3) is 4.22. The summed E-state index contributed by atoms with van der Waals surface area (Å²) in [5.41, 5.74) is 4.47. The number of aliphatic hydroxyl groups excluding tert-OH is 1. The zero-order chi connectivity index (χ0) is 19.5. The standard InChI is InChI=1S/C24H30N2O2/c1-17-12-18(2)14-21(13-17)28-16-20(27)15-26-23-11-7-6-10-22(23)25-24(26)19-8-4-3-5-9-19/h6-7,10-14,19-20,27H,3-5,8-9,15-16H2,1-2H3. The van der Waals surface area contributed by atoms with Gasteiger partial charge in [0.15, 0.2) is 0 Å². The van der Waals surface area contributed by atoms with Gasteiger partial charge in [0.2, 0.25) is 0 Å². The van der Waals surface area contributed by atoms with E-state index in [1.807, 2.05) is 24.3 Å². The molecule has 1 saturated carbocycles. The van der Waals surface area contributed by atoms with Gasteiger partial charge in [-0.2, -0.15) is 0 Å². The Morgan fingerprint density at radius 2 is 1.79 bits per heavy atom. The van der Waals surface area contributed by atoms with Gasteiger partial charge >= 0.3 is 0 Å². The number of aryl methyl sites for hydroxylation is 2. The van der Waals surface area contributed by atoms with Gasteiger partial charge in [-0.15, -0.1) is 0 Å². The van der Waals surface area contributed by atoms with E-state index in [4.69, 9.17) is 9.72 Å². The molecule has 0 saturated heterocycles. The maximum atomic E-state index is 10.7. The van der Waals surface area contributed by atoms with Gasteiger partial charge in [0.1, 0.15) is 24.3 Å². The number of nitrogens with zero attached hydrogens (tertiary/aromatic N) is 2. The maximum absolute atomic E-state index is 10.7. The number of aliphatic hydroxyl groups is 1. The van der Waals surface area contributed by atoms with E-state index in [-0.39, 0.29) is 6.61 Å². The van der Waals surface area contributed by atoms with E-state index < -0.39 is 6.10 Å². The summed E-state index contributed by atoms with van der Waals surface area (Å²) in [6.45, 7) is 4.91. The molecule has 1 N–H and O–H groups in total. The van der Waals surface area contributed by atoms with Crippen LogP contribution in [-0.2, 0) is 6.54 Å². The summed E-state index contributed by atoms with van der Waals surface area (Å²) < 4.78 is 8.11. The molecule has 0 aliphatic heterocycles. The summed E-state index contributed by atoms with van der Waals surface area (Å²) in [4.78, 5) is 4.94. The summed E-state index contributed by atoms with van der Waals surface area (Å²) in [5, 5.41) is 10.7. The Balaban J connectivity index is 1.52. The molecule has 0 amide bonds. The molecule has 1 heterocycles. The van der Waals surface area contributed by atoms with E-state index >= 15 is 0 Å². The highest BCUT2D eigenvalue weighted by Gasteiger charge is 2.23. The van der Waals surface area contributed by atoms with E-state index in [0.29, 0.717) is 12.5 Å². The number of aromatic nitrogens is 2. The Morgan fingerprint density at radius 1 is 1.07 bits per heavy atom. The third-order valence-electron chi connectivity index (χ3n) is 5.69. The predicted octanol–water partition coefficient (Wildman–Crippen LogP) is 5.14. The second kappa shape index (κ2) is 8.36. The van der Waals surface area contributed by atoms with Crippen molar-refractivity contribution in [3.63, 3.8) is 0 Å². The van der Waals surface area contributed by atoms with Gasteiger partial charge in [0.25, 0.3) is 0 Å². The average molecular weight is 379 g/mol. The van der Waals surface area contributed by atoms with E-state index in [2.05, 4.69) is 36.6 Å². The van der Waals surface area contributed by atoms with Crippen molar-refractivity contribution in [2.24, 2.45) is 0 Å². The summed E-state index contributed by atoms with van der Waals surface area (Å²) in [7, 11) is 0. The quantitative estimate of drug-likeness (QED) is 0.646. The van der Waals surface area contributed by atoms with Crippen LogP contribution in [0.3, 0.4) is 0 Å². The number of ether oxygens (including phenoxy) is 1. The second-order valence-electron chi connectivity index (χ2n) is 8.19. The molecule has 1 aliphatic rings. The van der Waals surface area contributed by atoms with Crippen LogP contribution in [0.5, 0.6) is 5.75 Å². The summed E-state index contributed by atoms with van der Waals surface area (Å²) in [5.74, 6) is 2.44. The van der Waals surface area contributed by atoms with Crippen LogP contribution >= 0.6 is 0 Å². The molecule has 1 atom stereocenters. The molecule has 1 aromatic heterocycles. The molecule has 1 unspecified atom stereocenters. The third-order valence-corrected chi connectivity index (χ3v) is 5.69. The van der Waals surface area contributed by atoms with Crippen molar-refractivity contribution in [3.8, 4) is 5.75 Å². The lowest BCUT2D eigenvalue weighted by atomic mass is 9.88. The number of fused-ring (bicyclic) bond motifs is 1. The highest BCUT2D eigenvalue weighted by atomic mass is 16.5. The zero-order valence-electron chi connectivity index (χ0n) is 16.9. The smallest absolute Gasteiger partial charge is 0.119 e. The first kappa shape index (κ1) is 19.0. The van der Waals surface area contributed by atoms with Gasteiger partial charge in [-0.3, -0.25) is 0 Å². The molecule has 1 fully saturated rings. The van der Waals surface area contributed by atoms with Gasteiger partial charge in [0, 0.05) is 5.92 Å². The fourth-order valence-electron chi connectivity index (χ4n) is 4.43. The Morgan fingerprint density at radius 3 is 2.54 bits per heavy atom. The van der Waals surface area contributed by atoms with Crippen molar-refractivity contribution < 1.29 is 9.84 Å². The van der Waals surface area contributed by atoms with Crippen molar-refractivity contribution in [1.82, 2.24) is 9.55 Å². The van der Waals surface area contributed by atoms with Crippen molar-refractivity contribution in [2.75, 3.05) is 6.61 Å². The number of rotatable bonds is 6. The number of hydrogen-bond donors (Lipinski definition) is 1. The fraction of sp³-hybridized carbons (Fsp3) is 0.458. The topological polar surface area (TPSA) is 47.3 Å². The molecular weight excluding hydrogens is 348 g/mol. The summed E-state index contributed by atoms with van der Waals surface area (Å²) in [6.07, 6.45) is 5.67. The van der Waals surface area contributed by atoms with E-state index in [9.17, 15) is 5.11 Å². The molecular formula is C24H30N2O2. The molecule has 0 radical (unpaired) electrons. The fourth-order valence-corrected chi connectivity index (χ4v) is 4.43. The molecule has 4 rings (SSSR count). The van der Waals surface area contributed by atoms with Crippen LogP contribution in [0, 0.1) is 13.8 Å². The van der Waals surface area contributed by atoms with Crippen LogP contribution in [0.15, 0.2) is 42.5 Å². The van der Waals surface area contributed by atoms with Crippen LogP contribution in [0.2, 0.25) is 0 Å². The van der Waals surface area contributed by atoms with Crippen LogP contribution in [0.1, 0.15) is 55.0 Å². The molecule has 0 bridgehead atoms. The van der Waals surface area contributed by atoms with Gasteiger partial charge in [-0.05, 0) is 62.1 Å². The molecule has 2 aromatic carbocycles. The molecule has 28 heavy (non-hydrogen) atoms. The Kier molecular flexibility index (Phi) is 5.67. The highest BCUT2D eigenvalue weighted by Crippen LogP contribution is 2.34. The lowest BCUT2D eigenvalue weighted by molar-refractivity contribution is 0.0921. The van der Waals surface area contributed by atoms with Crippen LogP contribution in [-0.4, -0.2) is 27.4 Å². The van der Waals surface area contributed by atoms with Gasteiger partial charge < -0.3 is 14.4 Å². The molecule has 3 aromatic rings. The SMILES string of the molecule is Cc1cc(C)cc(OCC(O)Cn2c(C3CCCCC3)nc3ccccc32)c1. The lowest BCUT2D eigenvalue weighted by Gasteiger charge is -2.23. The molecule has 4 nitrogen and oxygen atoms in total. The van der Waals surface area contributed by atoms with Crippen LogP contribution < -0.4 is 4.74 Å². The summed E-state index contributed by atoms with van der Waals surface area (Å²) in [6, 6.07) is 14.4. The second-order valence-corrected chi connectivity index (χ2v) is 8.19. The largest absolute Gasteiger partial charge is 0.491 e. The van der Waals surface area contributed by atoms with Crippen molar-refractivity contribution in [1.29, 1.82) is 0 Å². The first-order chi connectivity index (χ1) is 13.6. The van der Waals surface area contributed by atoms with Crippen molar-refractivity contribution >= 4 is 11.0 Å².